The molecule has 0 spiro atoms. The molecule has 0 saturated heterocycles. The van der Waals surface area contributed by atoms with E-state index in [1.807, 2.05) is 38.1 Å². The van der Waals surface area contributed by atoms with E-state index < -0.39 is 0 Å². The van der Waals surface area contributed by atoms with Gasteiger partial charge in [-0.05, 0) is 42.0 Å². The number of amides is 1. The van der Waals surface area contributed by atoms with Crippen LogP contribution in [0.2, 0.25) is 0 Å². The largest absolute Gasteiger partial charge is 0.349 e. The molecule has 8 heteroatoms. The summed E-state index contributed by atoms with van der Waals surface area (Å²) in [5.41, 5.74) is 2.76. The lowest BCUT2D eigenvalue weighted by Gasteiger charge is -2.05. The van der Waals surface area contributed by atoms with Gasteiger partial charge in [-0.1, -0.05) is 12.1 Å². The molecule has 1 aromatic carbocycles. The third-order valence-electron chi connectivity index (χ3n) is 3.38. The lowest BCUT2D eigenvalue weighted by Crippen LogP contribution is -2.25. The molecular weight excluding hydrogens is 294 g/mol. The highest BCUT2D eigenvalue weighted by molar-refractivity contribution is 5.78. The van der Waals surface area contributed by atoms with Gasteiger partial charge in [-0.3, -0.25) is 4.79 Å². The molecular formula is C15H17N7O. The molecule has 0 fully saturated rings. The second-order valence-electron chi connectivity index (χ2n) is 5.27. The van der Waals surface area contributed by atoms with Gasteiger partial charge in [0, 0.05) is 11.9 Å². The van der Waals surface area contributed by atoms with E-state index in [-0.39, 0.29) is 5.91 Å². The predicted molar refractivity (Wildman–Crippen MR) is 82.8 cm³/mol. The van der Waals surface area contributed by atoms with Crippen molar-refractivity contribution >= 4 is 5.91 Å². The van der Waals surface area contributed by atoms with Crippen molar-refractivity contribution in [2.45, 2.75) is 26.8 Å². The van der Waals surface area contributed by atoms with Crippen molar-refractivity contribution in [2.24, 2.45) is 0 Å². The van der Waals surface area contributed by atoms with Crippen molar-refractivity contribution in [3.05, 3.63) is 53.4 Å². The van der Waals surface area contributed by atoms with Gasteiger partial charge >= 0.3 is 0 Å². The number of benzene rings is 1. The van der Waals surface area contributed by atoms with Crippen LogP contribution in [0, 0.1) is 13.8 Å². The lowest BCUT2D eigenvalue weighted by molar-refractivity contribution is -0.120. The van der Waals surface area contributed by atoms with Crippen molar-refractivity contribution in [2.75, 3.05) is 0 Å². The molecule has 0 radical (unpaired) electrons. The van der Waals surface area contributed by atoms with E-state index in [1.54, 1.807) is 10.9 Å². The average molecular weight is 311 g/mol. The quantitative estimate of drug-likeness (QED) is 0.728. The number of hydrogen-bond donors (Lipinski definition) is 2. The fourth-order valence-corrected chi connectivity index (χ4v) is 2.21. The molecule has 0 atom stereocenters. The number of aryl methyl sites for hydroxylation is 2. The van der Waals surface area contributed by atoms with Crippen LogP contribution in [0.25, 0.3) is 5.69 Å². The number of H-pyrrole nitrogens is 1. The molecule has 0 aliphatic rings. The van der Waals surface area contributed by atoms with Crippen LogP contribution >= 0.6 is 0 Å². The minimum absolute atomic E-state index is 0.0505. The second kappa shape index (κ2) is 6.39. The number of carbonyl (C=O) groups is 1. The summed E-state index contributed by atoms with van der Waals surface area (Å²) in [5.74, 6) is 1.41. The summed E-state index contributed by atoms with van der Waals surface area (Å²) in [6.07, 6.45) is 2.05. The average Bonchev–Trinajstić information content (AvgIpc) is 3.14. The fraction of sp³-hybridized carbons (Fsp3) is 0.267. The molecule has 2 aromatic heterocycles. The van der Waals surface area contributed by atoms with Crippen molar-refractivity contribution < 1.29 is 4.79 Å². The Hall–Kier alpha value is -3.03. The summed E-state index contributed by atoms with van der Waals surface area (Å²) >= 11 is 0. The van der Waals surface area contributed by atoms with E-state index in [0.717, 1.165) is 22.8 Å². The SMILES string of the molecule is Cc1cnc(CNC(=O)Cc2ccc(-n3nnnc3C)cc2)[nH]1. The molecule has 3 aromatic rings. The Kier molecular flexibility index (Phi) is 4.13. The molecule has 2 N–H and O–H groups in total. The molecule has 118 valence electrons. The maximum Gasteiger partial charge on any atom is 0.224 e. The third-order valence-corrected chi connectivity index (χ3v) is 3.38. The van der Waals surface area contributed by atoms with E-state index >= 15 is 0 Å². The zero-order chi connectivity index (χ0) is 16.2. The highest BCUT2D eigenvalue weighted by Gasteiger charge is 2.07. The molecule has 0 saturated carbocycles. The molecule has 8 nitrogen and oxygen atoms in total. The van der Waals surface area contributed by atoms with E-state index in [9.17, 15) is 4.79 Å². The molecule has 0 unspecified atom stereocenters. The Balaban J connectivity index is 1.57. The van der Waals surface area contributed by atoms with Gasteiger partial charge in [0.1, 0.15) is 5.82 Å². The van der Waals surface area contributed by atoms with Gasteiger partial charge in [0.05, 0.1) is 18.7 Å². The number of nitrogens with zero attached hydrogens (tertiary/aromatic N) is 5. The van der Waals surface area contributed by atoms with Crippen molar-refractivity contribution in [3.8, 4) is 5.69 Å². The van der Waals surface area contributed by atoms with Gasteiger partial charge in [-0.15, -0.1) is 5.10 Å². The molecule has 0 bridgehead atoms. The van der Waals surface area contributed by atoms with Crippen LogP contribution in [0.4, 0.5) is 0 Å². The molecule has 1 amide bonds. The number of carbonyl (C=O) groups excluding carboxylic acids is 1. The van der Waals surface area contributed by atoms with Crippen LogP contribution in [0.3, 0.4) is 0 Å². The number of tetrazole rings is 1. The van der Waals surface area contributed by atoms with Gasteiger partial charge < -0.3 is 10.3 Å². The molecule has 3 rings (SSSR count). The van der Waals surface area contributed by atoms with Crippen LogP contribution in [0.5, 0.6) is 0 Å². The van der Waals surface area contributed by atoms with Gasteiger partial charge in [0.25, 0.3) is 0 Å². The minimum Gasteiger partial charge on any atom is -0.349 e. The standard InChI is InChI=1S/C15H17N7O/c1-10-8-16-14(18-10)9-17-15(23)7-12-3-5-13(6-4-12)22-11(2)19-20-21-22/h3-6,8H,7,9H2,1-2H3,(H,16,18)(H,17,23). The second-order valence-corrected chi connectivity index (χ2v) is 5.27. The van der Waals surface area contributed by atoms with Gasteiger partial charge in [-0.2, -0.15) is 4.68 Å². The minimum atomic E-state index is -0.0505. The van der Waals surface area contributed by atoms with E-state index in [0.29, 0.717) is 18.8 Å². The summed E-state index contributed by atoms with van der Waals surface area (Å²) in [7, 11) is 0. The topological polar surface area (TPSA) is 101 Å². The van der Waals surface area contributed by atoms with Crippen molar-refractivity contribution in [3.63, 3.8) is 0 Å². The monoisotopic (exact) mass is 311 g/mol. The maximum atomic E-state index is 12.0. The van der Waals surface area contributed by atoms with Crippen LogP contribution in [0.15, 0.2) is 30.5 Å². The number of aromatic nitrogens is 6. The third kappa shape index (κ3) is 3.60. The zero-order valence-electron chi connectivity index (χ0n) is 12.9. The Morgan fingerprint density at radius 3 is 2.65 bits per heavy atom. The first-order valence-electron chi connectivity index (χ1n) is 7.23. The highest BCUT2D eigenvalue weighted by Crippen LogP contribution is 2.10. The normalized spacial score (nSPS) is 10.7. The maximum absolute atomic E-state index is 12.0. The summed E-state index contributed by atoms with van der Waals surface area (Å²) in [4.78, 5) is 19.2. The predicted octanol–water partition coefficient (Wildman–Crippen LogP) is 0.861. The smallest absolute Gasteiger partial charge is 0.224 e. The molecule has 0 aliphatic heterocycles. The number of nitrogens with one attached hydrogen (secondary N) is 2. The Labute approximate surface area is 132 Å². The van der Waals surface area contributed by atoms with Crippen LogP contribution in [-0.2, 0) is 17.8 Å². The van der Waals surface area contributed by atoms with Gasteiger partial charge in [0.2, 0.25) is 5.91 Å². The number of imidazole rings is 1. The molecule has 23 heavy (non-hydrogen) atoms. The highest BCUT2D eigenvalue weighted by atomic mass is 16.1. The van der Waals surface area contributed by atoms with E-state index in [1.165, 1.54) is 0 Å². The summed E-state index contributed by atoms with van der Waals surface area (Å²) in [5, 5.41) is 14.2. The molecule has 2 heterocycles. The van der Waals surface area contributed by atoms with Gasteiger partial charge in [-0.25, -0.2) is 4.98 Å². The van der Waals surface area contributed by atoms with Crippen LogP contribution in [0.1, 0.15) is 22.9 Å². The van der Waals surface area contributed by atoms with Crippen LogP contribution < -0.4 is 5.32 Å². The first-order chi connectivity index (χ1) is 11.1. The number of hydrogen-bond acceptors (Lipinski definition) is 5. The Morgan fingerprint density at radius 2 is 2.04 bits per heavy atom. The summed E-state index contributed by atoms with van der Waals surface area (Å²) in [6, 6.07) is 7.57. The van der Waals surface area contributed by atoms with Crippen molar-refractivity contribution in [1.82, 2.24) is 35.5 Å². The van der Waals surface area contributed by atoms with E-state index in [4.69, 9.17) is 0 Å². The van der Waals surface area contributed by atoms with Crippen molar-refractivity contribution in [1.29, 1.82) is 0 Å². The zero-order valence-corrected chi connectivity index (χ0v) is 12.9. The fourth-order valence-electron chi connectivity index (χ4n) is 2.21. The number of rotatable bonds is 5. The van der Waals surface area contributed by atoms with E-state index in [2.05, 4.69) is 30.8 Å². The summed E-state index contributed by atoms with van der Waals surface area (Å²) < 4.78 is 1.64. The first kappa shape index (κ1) is 14.9. The first-order valence-corrected chi connectivity index (χ1v) is 7.23. The van der Waals surface area contributed by atoms with Crippen LogP contribution in [-0.4, -0.2) is 36.1 Å². The Morgan fingerprint density at radius 1 is 1.26 bits per heavy atom. The summed E-state index contributed by atoms with van der Waals surface area (Å²) in [6.45, 7) is 4.15. The Bertz CT molecular complexity index is 803. The number of aromatic amines is 1. The lowest BCUT2D eigenvalue weighted by atomic mass is 10.1. The molecule has 0 aliphatic carbocycles. The van der Waals surface area contributed by atoms with Gasteiger partial charge in [0.15, 0.2) is 5.82 Å².